The summed E-state index contributed by atoms with van der Waals surface area (Å²) in [5, 5.41) is 11.9. The summed E-state index contributed by atoms with van der Waals surface area (Å²) in [6.45, 7) is 4.16. The Morgan fingerprint density at radius 1 is 1.07 bits per heavy atom. The van der Waals surface area contributed by atoms with Crippen LogP contribution in [-0.4, -0.2) is 26.0 Å². The van der Waals surface area contributed by atoms with Gasteiger partial charge in [-0.2, -0.15) is 0 Å². The standard InChI is InChI=1S/C21H23N5OS/c1-3-14-10-12-16(13-11-14)22-20(27)19-18(15-8-6-5-7-9-15)25-26-17(4-2)23-24-21(26)28-19/h5-13,18-19,25H,3-4H2,1-2H3,(H,22,27). The first-order chi connectivity index (χ1) is 13.7. The van der Waals surface area contributed by atoms with Crippen LogP contribution in [0, 0.1) is 0 Å². The Balaban J connectivity index is 1.62. The first-order valence-electron chi connectivity index (χ1n) is 9.51. The van der Waals surface area contributed by atoms with E-state index in [1.54, 1.807) is 0 Å². The second kappa shape index (κ2) is 8.06. The minimum Gasteiger partial charge on any atom is -0.325 e. The summed E-state index contributed by atoms with van der Waals surface area (Å²) >= 11 is 1.45. The summed E-state index contributed by atoms with van der Waals surface area (Å²) in [4.78, 5) is 13.2. The van der Waals surface area contributed by atoms with Crippen molar-refractivity contribution in [2.24, 2.45) is 0 Å². The lowest BCUT2D eigenvalue weighted by molar-refractivity contribution is -0.116. The molecule has 28 heavy (non-hydrogen) atoms. The Morgan fingerprint density at radius 2 is 1.82 bits per heavy atom. The van der Waals surface area contributed by atoms with Crippen LogP contribution in [0.25, 0.3) is 0 Å². The van der Waals surface area contributed by atoms with Crippen LogP contribution < -0.4 is 10.7 Å². The number of nitrogens with one attached hydrogen (secondary N) is 2. The average Bonchev–Trinajstić information content (AvgIpc) is 3.16. The third-order valence-corrected chi connectivity index (χ3v) is 6.08. The predicted octanol–water partition coefficient (Wildman–Crippen LogP) is 3.80. The molecule has 2 N–H and O–H groups in total. The summed E-state index contributed by atoms with van der Waals surface area (Å²) in [7, 11) is 0. The van der Waals surface area contributed by atoms with Crippen molar-refractivity contribution >= 4 is 23.4 Å². The molecule has 144 valence electrons. The number of carbonyl (C=O) groups excluding carboxylic acids is 1. The molecule has 2 atom stereocenters. The molecule has 0 bridgehead atoms. The maximum Gasteiger partial charge on any atom is 0.240 e. The van der Waals surface area contributed by atoms with Gasteiger partial charge in [0.1, 0.15) is 5.25 Å². The average molecular weight is 394 g/mol. The number of amides is 1. The number of hydrogen-bond acceptors (Lipinski definition) is 5. The van der Waals surface area contributed by atoms with E-state index < -0.39 is 0 Å². The molecule has 0 aliphatic carbocycles. The van der Waals surface area contributed by atoms with E-state index >= 15 is 0 Å². The van der Waals surface area contributed by atoms with Gasteiger partial charge in [-0.05, 0) is 29.7 Å². The molecule has 3 aromatic rings. The lowest BCUT2D eigenvalue weighted by Gasteiger charge is -2.33. The molecule has 0 radical (unpaired) electrons. The molecule has 0 saturated heterocycles. The molecule has 7 heteroatoms. The van der Waals surface area contributed by atoms with Gasteiger partial charge >= 0.3 is 0 Å². The minimum atomic E-state index is -0.366. The highest BCUT2D eigenvalue weighted by Gasteiger charge is 2.37. The van der Waals surface area contributed by atoms with Crippen LogP contribution in [0.15, 0.2) is 59.8 Å². The van der Waals surface area contributed by atoms with Crippen LogP contribution in [0.2, 0.25) is 0 Å². The second-order valence-electron chi connectivity index (χ2n) is 6.68. The van der Waals surface area contributed by atoms with Crippen LogP contribution in [0.1, 0.15) is 36.8 Å². The Morgan fingerprint density at radius 3 is 2.50 bits per heavy atom. The molecule has 6 nitrogen and oxygen atoms in total. The lowest BCUT2D eigenvalue weighted by atomic mass is 10.0. The smallest absolute Gasteiger partial charge is 0.240 e. The molecule has 0 fully saturated rings. The van der Waals surface area contributed by atoms with E-state index in [1.807, 2.05) is 66.2 Å². The van der Waals surface area contributed by atoms with Crippen LogP contribution >= 0.6 is 11.8 Å². The largest absolute Gasteiger partial charge is 0.325 e. The fraction of sp³-hybridized carbons (Fsp3) is 0.286. The highest BCUT2D eigenvalue weighted by Crippen LogP contribution is 2.37. The number of hydrogen-bond donors (Lipinski definition) is 2. The molecule has 4 rings (SSSR count). The molecule has 2 heterocycles. The number of rotatable bonds is 5. The SMILES string of the molecule is CCc1ccc(NC(=O)C2Sc3nnc(CC)n3NC2c2ccccc2)cc1. The topological polar surface area (TPSA) is 71.8 Å². The van der Waals surface area contributed by atoms with Crippen molar-refractivity contribution in [3.05, 3.63) is 71.5 Å². The number of carbonyl (C=O) groups is 1. The third-order valence-electron chi connectivity index (χ3n) is 4.87. The number of aromatic nitrogens is 3. The van der Waals surface area contributed by atoms with E-state index in [-0.39, 0.29) is 17.2 Å². The van der Waals surface area contributed by atoms with E-state index in [1.165, 1.54) is 17.3 Å². The van der Waals surface area contributed by atoms with Crippen molar-refractivity contribution in [1.82, 2.24) is 14.9 Å². The summed E-state index contributed by atoms with van der Waals surface area (Å²) in [6.07, 6.45) is 1.74. The van der Waals surface area contributed by atoms with Crippen molar-refractivity contribution in [3.8, 4) is 0 Å². The maximum absolute atomic E-state index is 13.2. The van der Waals surface area contributed by atoms with E-state index in [9.17, 15) is 4.79 Å². The molecule has 0 saturated carbocycles. The van der Waals surface area contributed by atoms with Crippen LogP contribution in [0.5, 0.6) is 0 Å². The van der Waals surface area contributed by atoms with Crippen molar-refractivity contribution < 1.29 is 4.79 Å². The summed E-state index contributed by atoms with van der Waals surface area (Å²) in [6, 6.07) is 17.8. The van der Waals surface area contributed by atoms with Crippen LogP contribution in [0.3, 0.4) is 0 Å². The van der Waals surface area contributed by atoms with Crippen LogP contribution in [-0.2, 0) is 17.6 Å². The number of aryl methyl sites for hydroxylation is 2. The third kappa shape index (κ3) is 3.62. The molecule has 1 aromatic heterocycles. The number of nitrogens with zero attached hydrogens (tertiary/aromatic N) is 3. The summed E-state index contributed by atoms with van der Waals surface area (Å²) in [5.74, 6) is 0.806. The number of fused-ring (bicyclic) bond motifs is 1. The van der Waals surface area contributed by atoms with Gasteiger partial charge in [-0.3, -0.25) is 4.79 Å². The fourth-order valence-electron chi connectivity index (χ4n) is 3.28. The Bertz CT molecular complexity index is 955. The monoisotopic (exact) mass is 393 g/mol. The molecular weight excluding hydrogens is 370 g/mol. The predicted molar refractivity (Wildman–Crippen MR) is 112 cm³/mol. The Labute approximate surface area is 168 Å². The summed E-state index contributed by atoms with van der Waals surface area (Å²) < 4.78 is 1.90. The molecule has 2 unspecified atom stereocenters. The van der Waals surface area contributed by atoms with Gasteiger partial charge < -0.3 is 10.7 Å². The minimum absolute atomic E-state index is 0.0529. The lowest BCUT2D eigenvalue weighted by Crippen LogP contribution is -2.41. The van der Waals surface area contributed by atoms with E-state index in [2.05, 4.69) is 27.9 Å². The number of thioether (sulfide) groups is 1. The van der Waals surface area contributed by atoms with Crippen molar-refractivity contribution in [3.63, 3.8) is 0 Å². The maximum atomic E-state index is 13.2. The van der Waals surface area contributed by atoms with Gasteiger partial charge in [0.05, 0.1) is 6.04 Å². The van der Waals surface area contributed by atoms with E-state index in [0.717, 1.165) is 29.9 Å². The van der Waals surface area contributed by atoms with E-state index in [0.29, 0.717) is 5.16 Å². The Kier molecular flexibility index (Phi) is 5.34. The number of benzene rings is 2. The van der Waals surface area contributed by atoms with Gasteiger partial charge in [-0.1, -0.05) is 68.1 Å². The number of anilines is 1. The molecule has 2 aromatic carbocycles. The zero-order valence-corrected chi connectivity index (χ0v) is 16.7. The quantitative estimate of drug-likeness (QED) is 0.690. The normalized spacial score (nSPS) is 18.2. The summed E-state index contributed by atoms with van der Waals surface area (Å²) in [5.41, 5.74) is 6.56. The van der Waals surface area contributed by atoms with Crippen molar-refractivity contribution in [2.75, 3.05) is 10.7 Å². The Hall–Kier alpha value is -2.80. The van der Waals surface area contributed by atoms with Gasteiger partial charge in [-0.15, -0.1) is 10.2 Å². The highest BCUT2D eigenvalue weighted by atomic mass is 32.2. The van der Waals surface area contributed by atoms with Crippen molar-refractivity contribution in [2.45, 2.75) is 43.1 Å². The molecule has 0 spiro atoms. The van der Waals surface area contributed by atoms with Gasteiger partial charge in [0, 0.05) is 12.1 Å². The fourth-order valence-corrected chi connectivity index (χ4v) is 4.37. The van der Waals surface area contributed by atoms with Gasteiger partial charge in [0.2, 0.25) is 11.1 Å². The van der Waals surface area contributed by atoms with Gasteiger partial charge in [-0.25, -0.2) is 4.68 Å². The van der Waals surface area contributed by atoms with Crippen molar-refractivity contribution in [1.29, 1.82) is 0 Å². The zero-order chi connectivity index (χ0) is 19.5. The van der Waals surface area contributed by atoms with Gasteiger partial charge in [0.25, 0.3) is 0 Å². The zero-order valence-electron chi connectivity index (χ0n) is 15.9. The van der Waals surface area contributed by atoms with Gasteiger partial charge in [0.15, 0.2) is 5.82 Å². The van der Waals surface area contributed by atoms with E-state index in [4.69, 9.17) is 0 Å². The van der Waals surface area contributed by atoms with Crippen LogP contribution in [0.4, 0.5) is 5.69 Å². The highest BCUT2D eigenvalue weighted by molar-refractivity contribution is 8.00. The molecule has 1 amide bonds. The molecular formula is C21H23N5OS. The molecule has 1 aliphatic heterocycles. The first kappa shape index (κ1) is 18.6. The molecule has 1 aliphatic rings. The second-order valence-corrected chi connectivity index (χ2v) is 7.79. The first-order valence-corrected chi connectivity index (χ1v) is 10.4.